The van der Waals surface area contributed by atoms with Gasteiger partial charge in [0.05, 0.1) is 26.7 Å². The zero-order valence-corrected chi connectivity index (χ0v) is 18.8. The average Bonchev–Trinajstić information content (AvgIpc) is 3.27. The van der Waals surface area contributed by atoms with Crippen LogP contribution >= 0.6 is 0 Å². The lowest BCUT2D eigenvalue weighted by atomic mass is 9.94. The van der Waals surface area contributed by atoms with Crippen LogP contribution in [-0.2, 0) is 20.7 Å². The molecule has 1 fully saturated rings. The van der Waals surface area contributed by atoms with Gasteiger partial charge in [-0.15, -0.1) is 0 Å². The van der Waals surface area contributed by atoms with Gasteiger partial charge in [0.15, 0.2) is 0 Å². The van der Waals surface area contributed by atoms with Gasteiger partial charge in [0.25, 0.3) is 5.91 Å². The fourth-order valence-electron chi connectivity index (χ4n) is 4.35. The first-order valence-corrected chi connectivity index (χ1v) is 10.8. The van der Waals surface area contributed by atoms with E-state index in [0.717, 1.165) is 27.5 Å². The van der Waals surface area contributed by atoms with E-state index in [1.807, 2.05) is 45.3 Å². The lowest BCUT2D eigenvalue weighted by molar-refractivity contribution is -0.786. The van der Waals surface area contributed by atoms with Gasteiger partial charge in [0.1, 0.15) is 17.5 Å². The summed E-state index contributed by atoms with van der Waals surface area (Å²) in [4.78, 5) is 28.5. The molecule has 0 aliphatic carbocycles. The largest absolute Gasteiger partial charge is 0.872 e. The number of hydrogen-bond donors (Lipinski definition) is 1. The third-order valence-corrected chi connectivity index (χ3v) is 6.03. The fraction of sp³-hybridized carbons (Fsp3) is 0.360. The number of quaternary nitrogens is 1. The highest BCUT2D eigenvalue weighted by atomic mass is 16.5. The molecule has 168 valence electrons. The van der Waals surface area contributed by atoms with Crippen LogP contribution in [0.5, 0.6) is 5.75 Å². The SMILES string of the molecule is COCCN1C(=O)C(=O)C(=C([O-])c2ccc3c(c2)CC(C)O3)C1c1ccc([NH+](C)C)cc1. The Balaban J connectivity index is 1.81. The van der Waals surface area contributed by atoms with Crippen molar-refractivity contribution in [1.82, 2.24) is 4.90 Å². The minimum Gasteiger partial charge on any atom is -0.872 e. The van der Waals surface area contributed by atoms with Gasteiger partial charge in [-0.05, 0) is 47.9 Å². The van der Waals surface area contributed by atoms with Crippen molar-refractivity contribution < 1.29 is 29.1 Å². The summed E-state index contributed by atoms with van der Waals surface area (Å²) in [7, 11) is 5.57. The first kappa shape index (κ1) is 22.0. The molecule has 0 aromatic heterocycles. The number of hydrogen-bond acceptors (Lipinski definition) is 5. The number of nitrogens with one attached hydrogen (secondary N) is 1. The van der Waals surface area contributed by atoms with Crippen LogP contribution in [-0.4, -0.2) is 57.1 Å². The van der Waals surface area contributed by atoms with Gasteiger partial charge in [-0.3, -0.25) is 9.59 Å². The number of ketones is 1. The van der Waals surface area contributed by atoms with Crippen molar-refractivity contribution >= 4 is 23.1 Å². The van der Waals surface area contributed by atoms with Crippen LogP contribution in [0.25, 0.3) is 5.76 Å². The summed E-state index contributed by atoms with van der Waals surface area (Å²) < 4.78 is 10.9. The van der Waals surface area contributed by atoms with E-state index in [9.17, 15) is 14.7 Å². The zero-order chi connectivity index (χ0) is 23.0. The minimum atomic E-state index is -0.747. The Morgan fingerprint density at radius 3 is 2.56 bits per heavy atom. The highest BCUT2D eigenvalue weighted by Crippen LogP contribution is 2.39. The van der Waals surface area contributed by atoms with Crippen molar-refractivity contribution in [3.8, 4) is 5.75 Å². The molecule has 2 aliphatic rings. The van der Waals surface area contributed by atoms with E-state index in [1.54, 1.807) is 18.2 Å². The molecular weight excluding hydrogens is 408 g/mol. The van der Waals surface area contributed by atoms with Crippen molar-refractivity contribution in [3.05, 3.63) is 64.7 Å². The highest BCUT2D eigenvalue weighted by molar-refractivity contribution is 6.46. The second kappa shape index (κ2) is 8.76. The number of methoxy groups -OCH3 is 1. The summed E-state index contributed by atoms with van der Waals surface area (Å²) in [5, 5.41) is 13.5. The van der Waals surface area contributed by atoms with E-state index in [-0.39, 0.29) is 24.8 Å². The summed E-state index contributed by atoms with van der Waals surface area (Å²) in [6.07, 6.45) is 0.753. The molecule has 2 heterocycles. The molecule has 32 heavy (non-hydrogen) atoms. The number of rotatable bonds is 6. The highest BCUT2D eigenvalue weighted by Gasteiger charge is 2.44. The molecule has 0 bridgehead atoms. The van der Waals surface area contributed by atoms with E-state index in [4.69, 9.17) is 9.47 Å². The Hall–Kier alpha value is -3.16. The third-order valence-electron chi connectivity index (χ3n) is 6.03. The van der Waals surface area contributed by atoms with E-state index < -0.39 is 23.5 Å². The first-order valence-electron chi connectivity index (χ1n) is 10.8. The predicted octanol–water partition coefficient (Wildman–Crippen LogP) is 0.656. The van der Waals surface area contributed by atoms with Gasteiger partial charge in [0, 0.05) is 25.6 Å². The smallest absolute Gasteiger partial charge is 0.295 e. The lowest BCUT2D eigenvalue weighted by Crippen LogP contribution is -3.00. The molecule has 2 aromatic carbocycles. The van der Waals surface area contributed by atoms with Crippen LogP contribution in [0.2, 0.25) is 0 Å². The molecule has 1 N–H and O–H groups in total. The van der Waals surface area contributed by atoms with Crippen LogP contribution in [0.4, 0.5) is 5.69 Å². The number of carbonyl (C=O) groups excluding carboxylic acids is 2. The molecule has 2 aliphatic heterocycles. The maximum absolute atomic E-state index is 13.5. The van der Waals surface area contributed by atoms with Gasteiger partial charge in [-0.25, -0.2) is 0 Å². The molecule has 1 saturated heterocycles. The van der Waals surface area contributed by atoms with Gasteiger partial charge in [-0.1, -0.05) is 24.0 Å². The van der Waals surface area contributed by atoms with Crippen LogP contribution < -0.4 is 14.7 Å². The summed E-state index contributed by atoms with van der Waals surface area (Å²) in [5.74, 6) is -1.08. The first-order chi connectivity index (χ1) is 15.3. The van der Waals surface area contributed by atoms with Gasteiger partial charge < -0.3 is 24.4 Å². The number of amides is 1. The Morgan fingerprint density at radius 2 is 1.91 bits per heavy atom. The molecular formula is C25H28N2O5. The Kier molecular flexibility index (Phi) is 6.04. The summed E-state index contributed by atoms with van der Waals surface area (Å²) >= 11 is 0. The maximum Gasteiger partial charge on any atom is 0.295 e. The average molecular weight is 437 g/mol. The van der Waals surface area contributed by atoms with Crippen LogP contribution in [0.3, 0.4) is 0 Å². The second-order valence-corrected chi connectivity index (χ2v) is 8.54. The molecule has 2 aromatic rings. The number of benzene rings is 2. The molecule has 4 rings (SSSR count). The van der Waals surface area contributed by atoms with Crippen LogP contribution in [0.15, 0.2) is 48.0 Å². The summed E-state index contributed by atoms with van der Waals surface area (Å²) in [6, 6.07) is 12.1. The topological polar surface area (TPSA) is 83.3 Å². The number of likely N-dealkylation sites (tertiary alicyclic amines) is 1. The molecule has 0 saturated carbocycles. The van der Waals surface area contributed by atoms with E-state index in [1.165, 1.54) is 12.0 Å². The summed E-state index contributed by atoms with van der Waals surface area (Å²) in [5.41, 5.74) is 3.11. The summed E-state index contributed by atoms with van der Waals surface area (Å²) in [6.45, 7) is 2.46. The molecule has 2 atom stereocenters. The van der Waals surface area contributed by atoms with Crippen molar-refractivity contribution in [3.63, 3.8) is 0 Å². The Morgan fingerprint density at radius 1 is 1.19 bits per heavy atom. The zero-order valence-electron chi connectivity index (χ0n) is 18.8. The minimum absolute atomic E-state index is 0.0111. The molecule has 0 spiro atoms. The normalized spacial score (nSPS) is 21.8. The van der Waals surface area contributed by atoms with E-state index >= 15 is 0 Å². The van der Waals surface area contributed by atoms with E-state index in [2.05, 4.69) is 0 Å². The number of Topliss-reactive ketones (excluding diaryl/α,β-unsaturated/α-hetero) is 1. The number of ether oxygens (including phenoxy) is 2. The van der Waals surface area contributed by atoms with Gasteiger partial charge in [0.2, 0.25) is 5.78 Å². The Bertz CT molecular complexity index is 1070. The second-order valence-electron chi connectivity index (χ2n) is 8.54. The van der Waals surface area contributed by atoms with Crippen molar-refractivity contribution in [1.29, 1.82) is 0 Å². The van der Waals surface area contributed by atoms with E-state index in [0.29, 0.717) is 12.0 Å². The molecule has 7 heteroatoms. The van der Waals surface area contributed by atoms with Gasteiger partial charge in [-0.2, -0.15) is 0 Å². The Labute approximate surface area is 187 Å². The molecule has 0 radical (unpaired) electrons. The number of nitrogens with zero attached hydrogens (tertiary/aromatic N) is 1. The standard InChI is InChI=1S/C25H28N2O5/c1-15-13-18-14-17(7-10-20(18)32-15)23(28)21-22(16-5-8-19(9-6-16)26(2)3)27(11-12-31-4)25(30)24(21)29/h5-10,14-15,22,28H,11-13H2,1-4H3. The molecule has 1 amide bonds. The number of fused-ring (bicyclic) bond motifs is 1. The fourth-order valence-corrected chi connectivity index (χ4v) is 4.35. The lowest BCUT2D eigenvalue weighted by Gasteiger charge is -2.27. The molecule has 7 nitrogen and oxygen atoms in total. The van der Waals surface area contributed by atoms with Crippen molar-refractivity contribution in [2.24, 2.45) is 0 Å². The number of carbonyl (C=O) groups is 2. The van der Waals surface area contributed by atoms with Crippen LogP contribution in [0, 0.1) is 0 Å². The monoisotopic (exact) mass is 436 g/mol. The molecule has 2 unspecified atom stereocenters. The van der Waals surface area contributed by atoms with Crippen LogP contribution in [0.1, 0.15) is 29.7 Å². The third kappa shape index (κ3) is 3.89. The van der Waals surface area contributed by atoms with Crippen molar-refractivity contribution in [2.75, 3.05) is 34.4 Å². The van der Waals surface area contributed by atoms with Crippen molar-refractivity contribution in [2.45, 2.75) is 25.5 Å². The predicted molar refractivity (Wildman–Crippen MR) is 117 cm³/mol. The maximum atomic E-state index is 13.5. The quantitative estimate of drug-likeness (QED) is 0.409. The van der Waals surface area contributed by atoms with Gasteiger partial charge >= 0.3 is 0 Å².